The molecule has 0 atom stereocenters. The average molecular weight is 398 g/mol. The Morgan fingerprint density at radius 2 is 2.00 bits per heavy atom. The minimum absolute atomic E-state index is 0.0263. The van der Waals surface area contributed by atoms with Crippen LogP contribution in [0.15, 0.2) is 12.1 Å². The van der Waals surface area contributed by atoms with Gasteiger partial charge in [0, 0.05) is 25.6 Å². The van der Waals surface area contributed by atoms with Gasteiger partial charge in [0.05, 0.1) is 30.5 Å². The van der Waals surface area contributed by atoms with Crippen molar-refractivity contribution in [3.8, 4) is 5.75 Å². The summed E-state index contributed by atoms with van der Waals surface area (Å²) in [7, 11) is 2.88. The van der Waals surface area contributed by atoms with Gasteiger partial charge < -0.3 is 25.4 Å². The van der Waals surface area contributed by atoms with Crippen molar-refractivity contribution < 1.29 is 19.1 Å². The van der Waals surface area contributed by atoms with Crippen molar-refractivity contribution >= 4 is 29.2 Å². The second-order valence-electron chi connectivity index (χ2n) is 6.74. The number of ketones is 1. The van der Waals surface area contributed by atoms with Crippen LogP contribution in [0.25, 0.3) is 0 Å². The van der Waals surface area contributed by atoms with Crippen molar-refractivity contribution in [1.29, 1.82) is 0 Å². The van der Waals surface area contributed by atoms with E-state index >= 15 is 0 Å². The Balaban J connectivity index is 1.76. The summed E-state index contributed by atoms with van der Waals surface area (Å²) in [5, 5.41) is 3.06. The summed E-state index contributed by atoms with van der Waals surface area (Å²) in [5.74, 6) is 1.02. The maximum Gasteiger partial charge on any atom is 0.406 e. The Morgan fingerprint density at radius 1 is 1.30 bits per heavy atom. The maximum absolute atomic E-state index is 12.6. The van der Waals surface area contributed by atoms with Gasteiger partial charge in [-0.05, 0) is 44.3 Å². The van der Waals surface area contributed by atoms with Crippen molar-refractivity contribution in [1.82, 2.24) is 10.2 Å². The maximum atomic E-state index is 12.6. The van der Waals surface area contributed by atoms with Crippen LogP contribution in [-0.4, -0.2) is 57.2 Å². The zero-order chi connectivity index (χ0) is 19.8. The number of ether oxygens (including phenoxy) is 2. The van der Waals surface area contributed by atoms with E-state index in [1.54, 1.807) is 12.1 Å². The number of nitrogens with two attached hydrogens (primary N) is 1. The number of alkyl carbamates (subject to hydrolysis) is 1. The highest BCUT2D eigenvalue weighted by Crippen LogP contribution is 2.31. The van der Waals surface area contributed by atoms with Gasteiger partial charge in [0.1, 0.15) is 5.75 Å². The van der Waals surface area contributed by atoms with Gasteiger partial charge in [-0.25, -0.2) is 4.79 Å². The molecular weight excluding hydrogens is 370 g/mol. The first kappa shape index (κ1) is 21.3. The molecule has 0 bridgehead atoms. The summed E-state index contributed by atoms with van der Waals surface area (Å²) in [6, 6.07) is 3.19. The number of halogens is 1. The predicted molar refractivity (Wildman–Crippen MR) is 106 cm³/mol. The standard InChI is InChI=1S/C19H28ClN3O4/c1-26-18-12-16(21)15(20)11-14(18)17(24)4-3-13-5-8-23(9-6-13)10-7-22-19(25)27-2/h11-13H,3-10,21H2,1-2H3,(H,22,25). The third kappa shape index (κ3) is 6.29. The fourth-order valence-electron chi connectivity index (χ4n) is 3.31. The van der Waals surface area contributed by atoms with Gasteiger partial charge in [-0.1, -0.05) is 11.6 Å². The van der Waals surface area contributed by atoms with E-state index in [4.69, 9.17) is 22.1 Å². The molecule has 2 rings (SSSR count). The number of carbonyl (C=O) groups excluding carboxylic acids is 2. The van der Waals surface area contributed by atoms with Gasteiger partial charge in [0.15, 0.2) is 5.78 Å². The second-order valence-corrected chi connectivity index (χ2v) is 7.15. The molecule has 1 fully saturated rings. The molecule has 0 spiro atoms. The average Bonchev–Trinajstić information content (AvgIpc) is 2.68. The number of Topliss-reactive ketones (excluding diaryl/α,β-unsaturated/α-hetero) is 1. The van der Waals surface area contributed by atoms with Crippen LogP contribution < -0.4 is 15.8 Å². The fraction of sp³-hybridized carbons (Fsp3) is 0.579. The number of rotatable bonds is 8. The van der Waals surface area contributed by atoms with Crippen molar-refractivity contribution in [3.05, 3.63) is 22.7 Å². The minimum Gasteiger partial charge on any atom is -0.496 e. The third-order valence-corrected chi connectivity index (χ3v) is 5.32. The van der Waals surface area contributed by atoms with E-state index in [9.17, 15) is 9.59 Å². The highest BCUT2D eigenvalue weighted by molar-refractivity contribution is 6.33. The first-order chi connectivity index (χ1) is 12.9. The third-order valence-electron chi connectivity index (χ3n) is 4.99. The molecule has 8 heteroatoms. The van der Waals surface area contributed by atoms with Crippen molar-refractivity contribution in [3.63, 3.8) is 0 Å². The van der Waals surface area contributed by atoms with Crippen molar-refractivity contribution in [2.24, 2.45) is 5.92 Å². The molecule has 27 heavy (non-hydrogen) atoms. The van der Waals surface area contributed by atoms with Crippen LogP contribution in [0.4, 0.5) is 10.5 Å². The first-order valence-electron chi connectivity index (χ1n) is 9.15. The zero-order valence-electron chi connectivity index (χ0n) is 15.9. The number of anilines is 1. The SMILES string of the molecule is COC(=O)NCCN1CCC(CCC(=O)c2cc(Cl)c(N)cc2OC)CC1. The number of nitrogens with zero attached hydrogens (tertiary/aromatic N) is 1. The molecule has 3 N–H and O–H groups in total. The van der Waals surface area contributed by atoms with E-state index in [0.717, 1.165) is 38.9 Å². The molecule has 0 aliphatic carbocycles. The van der Waals surface area contributed by atoms with Crippen LogP contribution in [0.3, 0.4) is 0 Å². The topological polar surface area (TPSA) is 93.9 Å². The molecule has 1 amide bonds. The lowest BCUT2D eigenvalue weighted by Crippen LogP contribution is -2.39. The van der Waals surface area contributed by atoms with Crippen LogP contribution in [0.1, 0.15) is 36.0 Å². The number of nitrogens with one attached hydrogen (secondary N) is 1. The summed E-state index contributed by atoms with van der Waals surface area (Å²) >= 11 is 6.05. The van der Waals surface area contributed by atoms with Crippen LogP contribution >= 0.6 is 11.6 Å². The molecule has 0 saturated carbocycles. The Labute approximate surface area is 165 Å². The second kappa shape index (κ2) is 10.4. The van der Waals surface area contributed by atoms with Gasteiger partial charge in [-0.3, -0.25) is 4.79 Å². The molecule has 1 aliphatic heterocycles. The summed E-state index contributed by atoms with van der Waals surface area (Å²) < 4.78 is 9.82. The molecule has 150 valence electrons. The van der Waals surface area contributed by atoms with Crippen LogP contribution in [0.2, 0.25) is 5.02 Å². The minimum atomic E-state index is -0.401. The fourth-order valence-corrected chi connectivity index (χ4v) is 3.48. The molecule has 0 unspecified atom stereocenters. The number of hydrogen-bond donors (Lipinski definition) is 2. The van der Waals surface area contributed by atoms with Gasteiger partial charge in [-0.2, -0.15) is 0 Å². The molecule has 1 heterocycles. The Kier molecular flexibility index (Phi) is 8.19. The molecule has 7 nitrogen and oxygen atoms in total. The van der Waals surface area contributed by atoms with E-state index in [2.05, 4.69) is 15.0 Å². The largest absolute Gasteiger partial charge is 0.496 e. The number of nitrogen functional groups attached to an aromatic ring is 1. The van der Waals surface area contributed by atoms with E-state index < -0.39 is 6.09 Å². The summed E-state index contributed by atoms with van der Waals surface area (Å²) in [6.07, 6.45) is 3.00. The van der Waals surface area contributed by atoms with Crippen molar-refractivity contribution in [2.75, 3.05) is 46.1 Å². The van der Waals surface area contributed by atoms with Gasteiger partial charge in [0.25, 0.3) is 0 Å². The van der Waals surface area contributed by atoms with Gasteiger partial charge >= 0.3 is 6.09 Å². The lowest BCUT2D eigenvalue weighted by atomic mass is 9.90. The summed E-state index contributed by atoms with van der Waals surface area (Å²) in [4.78, 5) is 26.0. The van der Waals surface area contributed by atoms with Crippen molar-refractivity contribution in [2.45, 2.75) is 25.7 Å². The smallest absolute Gasteiger partial charge is 0.406 e. The number of methoxy groups -OCH3 is 2. The van der Waals surface area contributed by atoms with E-state index in [-0.39, 0.29) is 5.78 Å². The van der Waals surface area contributed by atoms with Gasteiger partial charge in [0.2, 0.25) is 0 Å². The monoisotopic (exact) mass is 397 g/mol. The molecular formula is C19H28ClN3O4. The Bertz CT molecular complexity index is 661. The molecule has 1 saturated heterocycles. The van der Waals surface area contributed by atoms with Crippen LogP contribution in [0.5, 0.6) is 5.75 Å². The Hall–Kier alpha value is -1.99. The quantitative estimate of drug-likeness (QED) is 0.517. The number of hydrogen-bond acceptors (Lipinski definition) is 6. The predicted octanol–water partition coefficient (Wildman–Crippen LogP) is 2.96. The summed E-state index contributed by atoms with van der Waals surface area (Å²) in [5.41, 5.74) is 6.66. The highest BCUT2D eigenvalue weighted by atomic mass is 35.5. The lowest BCUT2D eigenvalue weighted by molar-refractivity contribution is 0.0960. The number of likely N-dealkylation sites (tertiary alicyclic amines) is 1. The first-order valence-corrected chi connectivity index (χ1v) is 9.52. The van der Waals surface area contributed by atoms with Gasteiger partial charge in [-0.15, -0.1) is 0 Å². The van der Waals surface area contributed by atoms with Crippen LogP contribution in [0, 0.1) is 5.92 Å². The number of benzene rings is 1. The zero-order valence-corrected chi connectivity index (χ0v) is 16.7. The van der Waals surface area contributed by atoms with Crippen LogP contribution in [-0.2, 0) is 4.74 Å². The molecule has 0 aromatic heterocycles. The normalized spacial score (nSPS) is 15.4. The molecule has 1 aromatic carbocycles. The van der Waals surface area contributed by atoms with E-state index in [1.165, 1.54) is 14.2 Å². The summed E-state index contributed by atoms with van der Waals surface area (Å²) in [6.45, 7) is 3.33. The molecule has 0 radical (unpaired) electrons. The Morgan fingerprint density at radius 3 is 2.63 bits per heavy atom. The number of amides is 1. The van der Waals surface area contributed by atoms with E-state index in [1.807, 2.05) is 0 Å². The molecule has 1 aromatic rings. The lowest BCUT2D eigenvalue weighted by Gasteiger charge is -2.31. The van der Waals surface area contributed by atoms with E-state index in [0.29, 0.717) is 40.9 Å². The number of carbonyl (C=O) groups is 2. The highest BCUT2D eigenvalue weighted by Gasteiger charge is 2.21. The molecule has 1 aliphatic rings. The number of piperidine rings is 1.